The zero-order chi connectivity index (χ0) is 16.2. The maximum absolute atomic E-state index is 12.3. The van der Waals surface area contributed by atoms with E-state index in [2.05, 4.69) is 15.5 Å². The predicted octanol–water partition coefficient (Wildman–Crippen LogP) is 0.297. The number of carbonyl (C=O) groups excluding carboxylic acids is 2. The first-order valence-electron chi connectivity index (χ1n) is 8.04. The second kappa shape index (κ2) is 6.97. The first-order chi connectivity index (χ1) is 11.1. The molecule has 1 aromatic carbocycles. The van der Waals surface area contributed by atoms with Gasteiger partial charge in [0.1, 0.15) is 0 Å². The van der Waals surface area contributed by atoms with Crippen molar-refractivity contribution in [3.63, 3.8) is 0 Å². The van der Waals surface area contributed by atoms with Gasteiger partial charge in [-0.25, -0.2) is 4.79 Å². The largest absolute Gasteiger partial charge is 0.366 e. The molecule has 2 heterocycles. The van der Waals surface area contributed by atoms with Crippen LogP contribution >= 0.6 is 0 Å². The van der Waals surface area contributed by atoms with Crippen LogP contribution in [0.2, 0.25) is 0 Å². The van der Waals surface area contributed by atoms with E-state index in [1.165, 1.54) is 6.42 Å². The summed E-state index contributed by atoms with van der Waals surface area (Å²) in [7, 11) is 0. The molecular weight excluding hydrogens is 294 g/mol. The van der Waals surface area contributed by atoms with Crippen molar-refractivity contribution in [3.05, 3.63) is 29.8 Å². The van der Waals surface area contributed by atoms with E-state index in [0.29, 0.717) is 17.3 Å². The lowest BCUT2D eigenvalue weighted by atomic mass is 10.2. The molecule has 7 heteroatoms. The van der Waals surface area contributed by atoms with Crippen molar-refractivity contribution < 1.29 is 9.59 Å². The van der Waals surface area contributed by atoms with Crippen LogP contribution < -0.4 is 16.4 Å². The minimum Gasteiger partial charge on any atom is -0.366 e. The van der Waals surface area contributed by atoms with Crippen LogP contribution in [0.5, 0.6) is 0 Å². The Kier molecular flexibility index (Phi) is 4.78. The zero-order valence-electron chi connectivity index (χ0n) is 13.1. The highest BCUT2D eigenvalue weighted by molar-refractivity contribution is 5.95. The Morgan fingerprint density at radius 1 is 1.22 bits per heavy atom. The van der Waals surface area contributed by atoms with Gasteiger partial charge in [-0.05, 0) is 31.2 Å². The summed E-state index contributed by atoms with van der Waals surface area (Å²) in [5.41, 5.74) is 6.24. The summed E-state index contributed by atoms with van der Waals surface area (Å²) >= 11 is 0. The molecular formula is C16H23N5O2. The number of carbonyl (C=O) groups is 2. The fraction of sp³-hybridized carbons (Fsp3) is 0.500. The molecule has 23 heavy (non-hydrogen) atoms. The maximum atomic E-state index is 12.3. The molecule has 2 aliphatic rings. The molecule has 2 aliphatic heterocycles. The van der Waals surface area contributed by atoms with Gasteiger partial charge in [0.25, 0.3) is 0 Å². The lowest BCUT2D eigenvalue weighted by Crippen LogP contribution is -2.53. The monoisotopic (exact) mass is 317 g/mol. The second-order valence-corrected chi connectivity index (χ2v) is 6.04. The van der Waals surface area contributed by atoms with Crippen LogP contribution in [0.25, 0.3) is 0 Å². The Morgan fingerprint density at radius 2 is 2.00 bits per heavy atom. The quantitative estimate of drug-likeness (QED) is 0.748. The van der Waals surface area contributed by atoms with Crippen molar-refractivity contribution >= 4 is 17.6 Å². The summed E-state index contributed by atoms with van der Waals surface area (Å²) in [6, 6.07) is 7.17. The third kappa shape index (κ3) is 3.80. The minimum atomic E-state index is -0.500. The molecule has 1 atom stereocenters. The number of hydrogen-bond acceptors (Lipinski definition) is 4. The molecule has 0 saturated carbocycles. The molecule has 2 fully saturated rings. The van der Waals surface area contributed by atoms with E-state index in [1.807, 2.05) is 4.90 Å². The molecule has 4 N–H and O–H groups in total. The molecule has 0 bridgehead atoms. The van der Waals surface area contributed by atoms with Gasteiger partial charge >= 0.3 is 6.03 Å². The number of primary amides is 1. The highest BCUT2D eigenvalue weighted by atomic mass is 16.2. The number of benzene rings is 1. The van der Waals surface area contributed by atoms with Gasteiger partial charge in [-0.2, -0.15) is 0 Å². The third-order valence-corrected chi connectivity index (χ3v) is 4.55. The SMILES string of the molecule is NC(=O)c1cccc(NC(=O)N2CCN([C@H]3CCNC3)CC2)c1. The predicted molar refractivity (Wildman–Crippen MR) is 88.4 cm³/mol. The van der Waals surface area contributed by atoms with Crippen molar-refractivity contribution in [1.29, 1.82) is 0 Å². The number of nitrogens with two attached hydrogens (primary N) is 1. The summed E-state index contributed by atoms with van der Waals surface area (Å²) in [5.74, 6) is -0.500. The van der Waals surface area contributed by atoms with Gasteiger partial charge in [0, 0.05) is 50.0 Å². The number of rotatable bonds is 3. The topological polar surface area (TPSA) is 90.7 Å². The Labute approximate surface area is 135 Å². The second-order valence-electron chi connectivity index (χ2n) is 6.04. The molecule has 3 amide bonds. The Hall–Kier alpha value is -2.12. The highest BCUT2D eigenvalue weighted by Gasteiger charge is 2.27. The van der Waals surface area contributed by atoms with Gasteiger partial charge in [-0.3, -0.25) is 9.69 Å². The van der Waals surface area contributed by atoms with Gasteiger partial charge < -0.3 is 21.3 Å². The molecule has 0 unspecified atom stereocenters. The van der Waals surface area contributed by atoms with E-state index >= 15 is 0 Å². The number of urea groups is 1. The summed E-state index contributed by atoms with van der Waals surface area (Å²) < 4.78 is 0. The van der Waals surface area contributed by atoms with E-state index in [1.54, 1.807) is 24.3 Å². The molecule has 0 radical (unpaired) electrons. The number of nitrogens with zero attached hydrogens (tertiary/aromatic N) is 2. The molecule has 0 spiro atoms. The van der Waals surface area contributed by atoms with E-state index in [9.17, 15) is 9.59 Å². The fourth-order valence-electron chi connectivity index (χ4n) is 3.19. The highest BCUT2D eigenvalue weighted by Crippen LogP contribution is 2.14. The lowest BCUT2D eigenvalue weighted by Gasteiger charge is -2.37. The van der Waals surface area contributed by atoms with E-state index in [4.69, 9.17) is 5.73 Å². The number of hydrogen-bond donors (Lipinski definition) is 3. The van der Waals surface area contributed by atoms with E-state index in [0.717, 1.165) is 39.3 Å². The first kappa shape index (κ1) is 15.8. The average molecular weight is 317 g/mol. The summed E-state index contributed by atoms with van der Waals surface area (Å²) in [5, 5.41) is 6.22. The number of anilines is 1. The van der Waals surface area contributed by atoms with Crippen LogP contribution in [-0.2, 0) is 0 Å². The zero-order valence-corrected chi connectivity index (χ0v) is 13.1. The van der Waals surface area contributed by atoms with Crippen LogP contribution in [-0.4, -0.2) is 67.0 Å². The Bertz CT molecular complexity index is 578. The van der Waals surface area contributed by atoms with Gasteiger partial charge in [0.2, 0.25) is 5.91 Å². The molecule has 2 saturated heterocycles. The molecule has 0 aliphatic carbocycles. The molecule has 3 rings (SSSR count). The smallest absolute Gasteiger partial charge is 0.321 e. The Balaban J connectivity index is 1.53. The van der Waals surface area contributed by atoms with E-state index in [-0.39, 0.29) is 6.03 Å². The van der Waals surface area contributed by atoms with Crippen LogP contribution in [0.15, 0.2) is 24.3 Å². The standard InChI is InChI=1S/C16H23N5O2/c17-15(22)12-2-1-3-13(10-12)19-16(23)21-8-6-20(7-9-21)14-4-5-18-11-14/h1-3,10,14,18H,4-9,11H2,(H2,17,22)(H,19,23)/t14-/m0/s1. The average Bonchev–Trinajstić information content (AvgIpc) is 3.09. The molecule has 124 valence electrons. The van der Waals surface area contributed by atoms with Gasteiger partial charge in [0.05, 0.1) is 0 Å². The lowest BCUT2D eigenvalue weighted by molar-refractivity contribution is 0.1000. The summed E-state index contributed by atoms with van der Waals surface area (Å²) in [6.45, 7) is 5.38. The fourth-order valence-corrected chi connectivity index (χ4v) is 3.19. The molecule has 7 nitrogen and oxygen atoms in total. The van der Waals surface area contributed by atoms with Gasteiger partial charge in [-0.15, -0.1) is 0 Å². The summed E-state index contributed by atoms with van der Waals surface area (Å²) in [4.78, 5) is 27.8. The van der Waals surface area contributed by atoms with Crippen LogP contribution in [0.3, 0.4) is 0 Å². The molecule has 1 aromatic rings. The molecule has 0 aromatic heterocycles. The van der Waals surface area contributed by atoms with E-state index < -0.39 is 5.91 Å². The van der Waals surface area contributed by atoms with Crippen LogP contribution in [0.4, 0.5) is 10.5 Å². The number of piperazine rings is 1. The summed E-state index contributed by atoms with van der Waals surface area (Å²) in [6.07, 6.45) is 1.19. The normalized spacial score (nSPS) is 22.1. The minimum absolute atomic E-state index is 0.129. The van der Waals surface area contributed by atoms with Gasteiger partial charge in [-0.1, -0.05) is 6.07 Å². The van der Waals surface area contributed by atoms with Crippen LogP contribution in [0, 0.1) is 0 Å². The number of amides is 3. The first-order valence-corrected chi connectivity index (χ1v) is 8.04. The van der Waals surface area contributed by atoms with Crippen molar-refractivity contribution in [2.45, 2.75) is 12.5 Å². The van der Waals surface area contributed by atoms with Crippen molar-refractivity contribution in [1.82, 2.24) is 15.1 Å². The van der Waals surface area contributed by atoms with Crippen molar-refractivity contribution in [2.24, 2.45) is 5.73 Å². The number of nitrogens with one attached hydrogen (secondary N) is 2. The maximum Gasteiger partial charge on any atom is 0.321 e. The third-order valence-electron chi connectivity index (χ3n) is 4.55. The van der Waals surface area contributed by atoms with Crippen molar-refractivity contribution in [2.75, 3.05) is 44.6 Å². The Morgan fingerprint density at radius 3 is 2.65 bits per heavy atom. The van der Waals surface area contributed by atoms with Gasteiger partial charge in [0.15, 0.2) is 0 Å². The van der Waals surface area contributed by atoms with Crippen LogP contribution in [0.1, 0.15) is 16.8 Å². The van der Waals surface area contributed by atoms with Crippen molar-refractivity contribution in [3.8, 4) is 0 Å².